The smallest absolute Gasteiger partial charge is 0.327 e. The van der Waals surface area contributed by atoms with E-state index in [1.54, 1.807) is 39.5 Å². The summed E-state index contributed by atoms with van der Waals surface area (Å²) in [4.78, 5) is 47.6. The van der Waals surface area contributed by atoms with Crippen molar-refractivity contribution < 1.29 is 9.53 Å². The molecule has 0 saturated carbocycles. The normalized spacial score (nSPS) is 14.2. The SMILES string of the molecule is COCCCn1cc(-c2ccccc2)cc(NC(=O)N2CCC(n3c(=O)[nH]c4ncccc43)CC2)c1=O. The molecule has 1 fully saturated rings. The summed E-state index contributed by atoms with van der Waals surface area (Å²) in [6, 6.07) is 14.8. The van der Waals surface area contributed by atoms with Gasteiger partial charge in [0.2, 0.25) is 0 Å². The zero-order valence-electron chi connectivity index (χ0n) is 20.7. The molecule has 0 unspecified atom stereocenters. The van der Waals surface area contributed by atoms with Gasteiger partial charge in [0.15, 0.2) is 5.65 Å². The molecule has 37 heavy (non-hydrogen) atoms. The fraction of sp³-hybridized carbons (Fsp3) is 0.333. The second-order valence-corrected chi connectivity index (χ2v) is 9.17. The molecule has 5 rings (SSSR count). The Labute approximate surface area is 213 Å². The molecule has 1 aliphatic heterocycles. The van der Waals surface area contributed by atoms with Crippen molar-refractivity contribution in [1.29, 1.82) is 0 Å². The highest BCUT2D eigenvalue weighted by atomic mass is 16.5. The van der Waals surface area contributed by atoms with E-state index < -0.39 is 0 Å². The molecular weight excluding hydrogens is 472 g/mol. The van der Waals surface area contributed by atoms with Gasteiger partial charge in [0, 0.05) is 57.3 Å². The number of carbonyl (C=O) groups excluding carboxylic acids is 1. The molecule has 0 radical (unpaired) electrons. The molecule has 0 aliphatic carbocycles. The fourth-order valence-corrected chi connectivity index (χ4v) is 4.90. The van der Waals surface area contributed by atoms with Crippen molar-refractivity contribution >= 4 is 22.9 Å². The van der Waals surface area contributed by atoms with Gasteiger partial charge in [0.25, 0.3) is 5.56 Å². The Bertz CT molecular complexity index is 1500. The number of amides is 2. The minimum absolute atomic E-state index is 0.0334. The number of benzene rings is 1. The molecule has 2 amide bonds. The number of likely N-dealkylation sites (tertiary alicyclic amines) is 1. The van der Waals surface area contributed by atoms with Crippen molar-refractivity contribution in [2.24, 2.45) is 0 Å². The summed E-state index contributed by atoms with van der Waals surface area (Å²) in [5.41, 5.74) is 2.93. The van der Waals surface area contributed by atoms with Gasteiger partial charge in [-0.15, -0.1) is 0 Å². The Hall–Kier alpha value is -4.18. The van der Waals surface area contributed by atoms with Crippen molar-refractivity contribution in [3.05, 3.63) is 81.8 Å². The highest BCUT2D eigenvalue weighted by Gasteiger charge is 2.27. The number of rotatable bonds is 7. The molecular formula is C27H30N6O4. The Kier molecular flexibility index (Phi) is 7.18. The molecule has 10 nitrogen and oxygen atoms in total. The number of hydrogen-bond donors (Lipinski definition) is 2. The molecule has 4 heterocycles. The minimum Gasteiger partial charge on any atom is -0.385 e. The number of piperidine rings is 1. The minimum atomic E-state index is -0.322. The predicted octanol–water partition coefficient (Wildman–Crippen LogP) is 3.46. The topological polar surface area (TPSA) is 114 Å². The number of methoxy groups -OCH3 is 1. The number of anilines is 1. The number of pyridine rings is 2. The average Bonchev–Trinajstić information content (AvgIpc) is 3.27. The summed E-state index contributed by atoms with van der Waals surface area (Å²) in [7, 11) is 1.63. The Morgan fingerprint density at radius 2 is 1.89 bits per heavy atom. The van der Waals surface area contributed by atoms with Crippen LogP contribution in [0.1, 0.15) is 25.3 Å². The highest BCUT2D eigenvalue weighted by Crippen LogP contribution is 2.25. The summed E-state index contributed by atoms with van der Waals surface area (Å²) in [6.07, 6.45) is 5.40. The van der Waals surface area contributed by atoms with E-state index in [9.17, 15) is 14.4 Å². The number of nitrogens with one attached hydrogen (secondary N) is 2. The predicted molar refractivity (Wildman–Crippen MR) is 142 cm³/mol. The van der Waals surface area contributed by atoms with Gasteiger partial charge in [-0.05, 0) is 43.0 Å². The lowest BCUT2D eigenvalue weighted by Crippen LogP contribution is -2.43. The first-order valence-electron chi connectivity index (χ1n) is 12.4. The Balaban J connectivity index is 1.32. The first-order chi connectivity index (χ1) is 18.0. The molecule has 3 aromatic heterocycles. The van der Waals surface area contributed by atoms with E-state index in [0.29, 0.717) is 51.2 Å². The van der Waals surface area contributed by atoms with E-state index in [-0.39, 0.29) is 29.0 Å². The zero-order valence-corrected chi connectivity index (χ0v) is 20.7. The third kappa shape index (κ3) is 5.19. The van der Waals surface area contributed by atoms with Crippen LogP contribution in [0.2, 0.25) is 0 Å². The largest absolute Gasteiger partial charge is 0.385 e. The summed E-state index contributed by atoms with van der Waals surface area (Å²) in [6.45, 7) is 1.95. The van der Waals surface area contributed by atoms with Gasteiger partial charge in [-0.1, -0.05) is 30.3 Å². The second kappa shape index (κ2) is 10.8. The third-order valence-electron chi connectivity index (χ3n) is 6.79. The molecule has 1 aliphatic rings. The standard InChI is InChI=1S/C27H30N6O4/c1-37-16-6-13-32-18-20(19-7-3-2-4-8-19)17-22(25(32)34)29-26(35)31-14-10-21(11-15-31)33-23-9-5-12-28-24(23)30-27(33)36/h2-5,7-9,12,17-18,21H,6,10-11,13-16H2,1H3,(H,29,35)(H,28,30,36). The molecule has 0 bridgehead atoms. The van der Waals surface area contributed by atoms with Gasteiger partial charge >= 0.3 is 11.7 Å². The van der Waals surface area contributed by atoms with Crippen LogP contribution >= 0.6 is 0 Å². The van der Waals surface area contributed by atoms with Gasteiger partial charge in [-0.25, -0.2) is 14.6 Å². The number of aromatic nitrogens is 4. The monoisotopic (exact) mass is 502 g/mol. The summed E-state index contributed by atoms with van der Waals surface area (Å²) < 4.78 is 8.50. The van der Waals surface area contributed by atoms with Crippen LogP contribution in [0.5, 0.6) is 0 Å². The molecule has 192 valence electrons. The number of fused-ring (bicyclic) bond motifs is 1. The number of ether oxygens (including phenoxy) is 1. The van der Waals surface area contributed by atoms with Gasteiger partial charge in [0.05, 0.1) is 5.52 Å². The molecule has 0 spiro atoms. The molecule has 0 atom stereocenters. The van der Waals surface area contributed by atoms with Crippen LogP contribution in [-0.4, -0.2) is 56.8 Å². The van der Waals surface area contributed by atoms with Crippen LogP contribution in [0.25, 0.3) is 22.3 Å². The summed E-state index contributed by atoms with van der Waals surface area (Å²) >= 11 is 0. The maximum absolute atomic E-state index is 13.2. The quantitative estimate of drug-likeness (QED) is 0.376. The first kappa shape index (κ1) is 24.5. The number of imidazole rings is 1. The van der Waals surface area contributed by atoms with Crippen molar-refractivity contribution in [2.45, 2.75) is 31.8 Å². The highest BCUT2D eigenvalue weighted by molar-refractivity contribution is 5.90. The maximum Gasteiger partial charge on any atom is 0.327 e. The van der Waals surface area contributed by atoms with E-state index in [1.165, 1.54) is 0 Å². The van der Waals surface area contributed by atoms with E-state index in [4.69, 9.17) is 4.74 Å². The number of hydrogen-bond acceptors (Lipinski definition) is 5. The number of urea groups is 1. The number of aromatic amines is 1. The fourth-order valence-electron chi connectivity index (χ4n) is 4.90. The van der Waals surface area contributed by atoms with Crippen LogP contribution in [0.4, 0.5) is 10.5 Å². The molecule has 1 aromatic carbocycles. The van der Waals surface area contributed by atoms with Crippen molar-refractivity contribution in [1.82, 2.24) is 24.0 Å². The lowest BCUT2D eigenvalue weighted by molar-refractivity contribution is 0.184. The average molecular weight is 503 g/mol. The van der Waals surface area contributed by atoms with Gasteiger partial charge in [-0.2, -0.15) is 0 Å². The summed E-state index contributed by atoms with van der Waals surface area (Å²) in [5.74, 6) is 0. The van der Waals surface area contributed by atoms with Crippen LogP contribution < -0.4 is 16.6 Å². The van der Waals surface area contributed by atoms with E-state index in [0.717, 1.165) is 16.6 Å². The lowest BCUT2D eigenvalue weighted by atomic mass is 10.0. The van der Waals surface area contributed by atoms with Crippen molar-refractivity contribution in [2.75, 3.05) is 32.1 Å². The number of carbonyl (C=O) groups is 1. The van der Waals surface area contributed by atoms with Crippen molar-refractivity contribution in [3.8, 4) is 11.1 Å². The van der Waals surface area contributed by atoms with Crippen LogP contribution in [-0.2, 0) is 11.3 Å². The van der Waals surface area contributed by atoms with Gasteiger partial charge in [-0.3, -0.25) is 14.3 Å². The van der Waals surface area contributed by atoms with Gasteiger partial charge in [0.1, 0.15) is 5.69 Å². The zero-order chi connectivity index (χ0) is 25.8. The van der Waals surface area contributed by atoms with Crippen LogP contribution in [0, 0.1) is 0 Å². The number of aryl methyl sites for hydroxylation is 1. The van der Waals surface area contributed by atoms with Gasteiger partial charge < -0.3 is 19.5 Å². The first-order valence-corrected chi connectivity index (χ1v) is 12.4. The van der Waals surface area contributed by atoms with Crippen LogP contribution in [0.15, 0.2) is 70.5 Å². The lowest BCUT2D eigenvalue weighted by Gasteiger charge is -2.32. The molecule has 10 heteroatoms. The molecule has 4 aromatic rings. The van der Waals surface area contributed by atoms with E-state index in [2.05, 4.69) is 15.3 Å². The molecule has 2 N–H and O–H groups in total. The van der Waals surface area contributed by atoms with E-state index in [1.807, 2.05) is 42.6 Å². The number of H-pyrrole nitrogens is 1. The Morgan fingerprint density at radius 3 is 2.65 bits per heavy atom. The number of nitrogens with zero attached hydrogens (tertiary/aromatic N) is 4. The molecule has 1 saturated heterocycles. The van der Waals surface area contributed by atoms with Crippen LogP contribution in [0.3, 0.4) is 0 Å². The maximum atomic E-state index is 13.2. The van der Waals surface area contributed by atoms with E-state index >= 15 is 0 Å². The third-order valence-corrected chi connectivity index (χ3v) is 6.79. The summed E-state index contributed by atoms with van der Waals surface area (Å²) in [5, 5.41) is 2.85. The Morgan fingerprint density at radius 1 is 1.11 bits per heavy atom. The van der Waals surface area contributed by atoms with Crippen molar-refractivity contribution in [3.63, 3.8) is 0 Å². The second-order valence-electron chi connectivity index (χ2n) is 9.17.